The number of aliphatic carboxylic acids is 1. The molecule has 1 N–H and O–H groups in total. The third-order valence-electron chi connectivity index (χ3n) is 7.44. The average Bonchev–Trinajstić information content (AvgIpc) is 3.65. The Morgan fingerprint density at radius 3 is 2.23 bits per heavy atom. The van der Waals surface area contributed by atoms with E-state index in [4.69, 9.17) is 14.6 Å². The molecule has 1 saturated carbocycles. The number of alkyl halides is 3. The number of carbonyl (C=O) groups is 1. The topological polar surface area (TPSA) is 110 Å². The number of benzene rings is 1. The van der Waals surface area contributed by atoms with Gasteiger partial charge in [0.25, 0.3) is 0 Å². The van der Waals surface area contributed by atoms with Gasteiger partial charge in [-0.3, -0.25) is 19.1 Å². The molecular formula is C26H34F3N5O5. The zero-order chi connectivity index (χ0) is 28.5. The van der Waals surface area contributed by atoms with Gasteiger partial charge in [0.15, 0.2) is 0 Å². The van der Waals surface area contributed by atoms with Crippen molar-refractivity contribution in [3.63, 3.8) is 0 Å². The van der Waals surface area contributed by atoms with Crippen LogP contribution in [0.1, 0.15) is 45.1 Å². The van der Waals surface area contributed by atoms with E-state index in [2.05, 4.69) is 27.0 Å². The van der Waals surface area contributed by atoms with Crippen molar-refractivity contribution in [3.8, 4) is 5.75 Å². The Bertz CT molecular complexity index is 1290. The van der Waals surface area contributed by atoms with Gasteiger partial charge in [-0.05, 0) is 63.1 Å². The molecule has 0 unspecified atom stereocenters. The minimum absolute atomic E-state index is 0.143. The van der Waals surface area contributed by atoms with Crippen LogP contribution in [0.3, 0.4) is 0 Å². The van der Waals surface area contributed by atoms with Gasteiger partial charge in [-0.25, -0.2) is 9.48 Å². The maximum Gasteiger partial charge on any atom is 0.490 e. The first-order valence-corrected chi connectivity index (χ1v) is 13.0. The Labute approximate surface area is 223 Å². The van der Waals surface area contributed by atoms with Crippen LogP contribution in [0.25, 0.3) is 0 Å². The molecule has 1 spiro atoms. The van der Waals surface area contributed by atoms with Crippen LogP contribution < -0.4 is 20.8 Å². The van der Waals surface area contributed by atoms with Gasteiger partial charge in [0.05, 0.1) is 18.2 Å². The summed E-state index contributed by atoms with van der Waals surface area (Å²) in [6, 6.07) is 8.35. The summed E-state index contributed by atoms with van der Waals surface area (Å²) in [4.78, 5) is 38.9. The second kappa shape index (κ2) is 11.0. The van der Waals surface area contributed by atoms with Gasteiger partial charge < -0.3 is 14.7 Å². The second-order valence-electron chi connectivity index (χ2n) is 10.8. The molecular weight excluding hydrogens is 519 g/mol. The number of piperidine rings is 1. The molecule has 13 heteroatoms. The van der Waals surface area contributed by atoms with Crippen LogP contribution in [-0.4, -0.2) is 68.3 Å². The number of hydrogen-bond acceptors (Lipinski definition) is 7. The van der Waals surface area contributed by atoms with E-state index in [-0.39, 0.29) is 11.6 Å². The molecule has 3 heterocycles. The molecule has 1 aromatic heterocycles. The molecule has 39 heavy (non-hydrogen) atoms. The minimum atomic E-state index is -5.08. The number of carboxylic acid groups (broad SMARTS) is 1. The van der Waals surface area contributed by atoms with E-state index < -0.39 is 23.3 Å². The number of hydrogen-bond donors (Lipinski definition) is 1. The zero-order valence-corrected chi connectivity index (χ0v) is 22.3. The summed E-state index contributed by atoms with van der Waals surface area (Å²) in [6.07, 6.45) is -0.782. The highest BCUT2D eigenvalue weighted by Gasteiger charge is 2.46. The fraction of sp³-hybridized carbons (Fsp3) is 0.615. The number of fused-ring (bicyclic) bond motifs is 1. The largest absolute Gasteiger partial charge is 0.491 e. The molecule has 0 atom stereocenters. The Hall–Kier alpha value is -3.35. The highest BCUT2D eigenvalue weighted by Crippen LogP contribution is 2.38. The standard InChI is InChI=1S/C24H33N5O3.C2HF3O2/c1-17(2)32-20-8-6-18(7-9-20)14-27-12-10-24(11-13-27)16-28-21(30)22(31)29(15-19-4-5-19)25-23(28)26(24)3;3-2(4,5)1(6)7/h6-9,17,19H,4-5,10-16H2,1-3H3;(H,6,7). The summed E-state index contributed by atoms with van der Waals surface area (Å²) in [6.45, 7) is 7.98. The lowest BCUT2D eigenvalue weighted by molar-refractivity contribution is -0.192. The monoisotopic (exact) mass is 553 g/mol. The first kappa shape index (κ1) is 28.7. The molecule has 5 rings (SSSR count). The number of ether oxygens (including phenoxy) is 1. The van der Waals surface area contributed by atoms with Crippen molar-refractivity contribution >= 4 is 11.9 Å². The maximum absolute atomic E-state index is 12.8. The molecule has 0 radical (unpaired) electrons. The van der Waals surface area contributed by atoms with Crippen LogP contribution in [0, 0.1) is 5.92 Å². The smallest absolute Gasteiger partial charge is 0.490 e. The van der Waals surface area contributed by atoms with Gasteiger partial charge in [-0.15, -0.1) is 5.10 Å². The molecule has 2 fully saturated rings. The van der Waals surface area contributed by atoms with E-state index in [0.717, 1.165) is 51.1 Å². The van der Waals surface area contributed by atoms with E-state index in [9.17, 15) is 22.8 Å². The van der Waals surface area contributed by atoms with Gasteiger partial charge in [-0.1, -0.05) is 12.1 Å². The number of aromatic nitrogens is 3. The number of rotatable bonds is 6. The van der Waals surface area contributed by atoms with E-state index >= 15 is 0 Å². The summed E-state index contributed by atoms with van der Waals surface area (Å²) in [7, 11) is 2.03. The van der Waals surface area contributed by atoms with Crippen LogP contribution in [0.4, 0.5) is 19.1 Å². The van der Waals surface area contributed by atoms with E-state index in [1.54, 1.807) is 4.57 Å². The number of carboxylic acids is 1. The molecule has 0 bridgehead atoms. The Kier molecular flexibility index (Phi) is 8.10. The first-order chi connectivity index (χ1) is 18.3. The van der Waals surface area contributed by atoms with Crippen molar-refractivity contribution in [3.05, 3.63) is 50.5 Å². The summed E-state index contributed by atoms with van der Waals surface area (Å²) in [5, 5.41) is 11.7. The highest BCUT2D eigenvalue weighted by atomic mass is 19.4. The van der Waals surface area contributed by atoms with E-state index in [0.29, 0.717) is 25.0 Å². The van der Waals surface area contributed by atoms with Gasteiger partial charge in [0.1, 0.15) is 5.75 Å². The predicted octanol–water partition coefficient (Wildman–Crippen LogP) is 2.72. The van der Waals surface area contributed by atoms with E-state index in [1.165, 1.54) is 10.2 Å². The Morgan fingerprint density at radius 1 is 1.13 bits per heavy atom. The van der Waals surface area contributed by atoms with Gasteiger partial charge in [0, 0.05) is 33.2 Å². The number of anilines is 1. The zero-order valence-electron chi connectivity index (χ0n) is 22.3. The molecule has 1 aliphatic carbocycles. The van der Waals surface area contributed by atoms with Crippen LogP contribution in [-0.2, 0) is 24.4 Å². The van der Waals surface area contributed by atoms with Gasteiger partial charge in [0.2, 0.25) is 5.95 Å². The normalized spacial score (nSPS) is 18.6. The number of likely N-dealkylation sites (tertiary alicyclic amines) is 1. The molecule has 3 aliphatic rings. The van der Waals surface area contributed by atoms with Crippen molar-refractivity contribution in [1.82, 2.24) is 19.2 Å². The van der Waals surface area contributed by atoms with Crippen molar-refractivity contribution < 1.29 is 27.8 Å². The third-order valence-corrected chi connectivity index (χ3v) is 7.44. The summed E-state index contributed by atoms with van der Waals surface area (Å²) in [5.41, 5.74) is 0.226. The fourth-order valence-corrected chi connectivity index (χ4v) is 5.02. The van der Waals surface area contributed by atoms with Crippen molar-refractivity contribution in [2.75, 3.05) is 25.0 Å². The molecule has 1 aromatic carbocycles. The molecule has 2 aliphatic heterocycles. The molecule has 1 saturated heterocycles. The molecule has 10 nitrogen and oxygen atoms in total. The predicted molar refractivity (Wildman–Crippen MR) is 137 cm³/mol. The van der Waals surface area contributed by atoms with Crippen LogP contribution in [0.2, 0.25) is 0 Å². The Balaban J connectivity index is 0.000000448. The third kappa shape index (κ3) is 6.63. The van der Waals surface area contributed by atoms with Crippen molar-refractivity contribution in [2.24, 2.45) is 5.92 Å². The first-order valence-electron chi connectivity index (χ1n) is 13.0. The quantitative estimate of drug-likeness (QED) is 0.544. The maximum atomic E-state index is 12.8. The number of halogens is 3. The lowest BCUT2D eigenvalue weighted by Crippen LogP contribution is -2.53. The SMILES string of the molecule is CC(C)Oc1ccc(CN2CCC3(CC2)Cn2c(nn(CC4CC4)c(=O)c2=O)N3C)cc1.O=C(O)C(F)(F)F. The Morgan fingerprint density at radius 2 is 1.72 bits per heavy atom. The average molecular weight is 554 g/mol. The summed E-state index contributed by atoms with van der Waals surface area (Å²) in [5.74, 6) is -0.712. The van der Waals surface area contributed by atoms with Crippen LogP contribution >= 0.6 is 0 Å². The van der Waals surface area contributed by atoms with Crippen molar-refractivity contribution in [1.29, 1.82) is 0 Å². The lowest BCUT2D eigenvalue weighted by atomic mass is 9.87. The number of nitrogens with zero attached hydrogens (tertiary/aromatic N) is 5. The van der Waals surface area contributed by atoms with Gasteiger partial charge >= 0.3 is 23.3 Å². The minimum Gasteiger partial charge on any atom is -0.491 e. The fourth-order valence-electron chi connectivity index (χ4n) is 5.02. The highest BCUT2D eigenvalue weighted by molar-refractivity contribution is 5.73. The second-order valence-corrected chi connectivity index (χ2v) is 10.8. The van der Waals surface area contributed by atoms with Crippen LogP contribution in [0.5, 0.6) is 5.75 Å². The summed E-state index contributed by atoms with van der Waals surface area (Å²) < 4.78 is 40.5. The van der Waals surface area contributed by atoms with Crippen molar-refractivity contribution in [2.45, 2.75) is 77.0 Å². The number of likely N-dealkylation sites (N-methyl/N-ethyl adjacent to an activating group) is 1. The lowest BCUT2D eigenvalue weighted by Gasteiger charge is -2.43. The molecule has 0 amide bonds. The van der Waals surface area contributed by atoms with Crippen LogP contribution in [0.15, 0.2) is 33.9 Å². The van der Waals surface area contributed by atoms with E-state index in [1.807, 2.05) is 33.0 Å². The molecule has 2 aromatic rings. The summed E-state index contributed by atoms with van der Waals surface area (Å²) >= 11 is 0. The molecule has 214 valence electrons. The van der Waals surface area contributed by atoms with Gasteiger partial charge in [-0.2, -0.15) is 13.2 Å².